The molecule has 4 N–H and O–H groups in total. The summed E-state index contributed by atoms with van der Waals surface area (Å²) in [5.41, 5.74) is 4.57. The van der Waals surface area contributed by atoms with Crippen molar-refractivity contribution in [2.45, 2.75) is 38.8 Å². The number of nitrogens with one attached hydrogen (secondary N) is 2. The molecule has 0 unspecified atom stereocenters. The van der Waals surface area contributed by atoms with Crippen molar-refractivity contribution < 1.29 is 14.3 Å². The quantitative estimate of drug-likeness (QED) is 0.736. The zero-order valence-electron chi connectivity index (χ0n) is 11.7. The number of pyridine rings is 1. The summed E-state index contributed by atoms with van der Waals surface area (Å²) in [6, 6.07) is 2.18. The maximum atomic E-state index is 11.6. The second-order valence-corrected chi connectivity index (χ2v) is 5.33. The number of carbonyl (C=O) groups is 2. The average Bonchev–Trinajstić information content (AvgIpc) is 2.28. The van der Waals surface area contributed by atoms with Crippen LogP contribution in [0.5, 0.6) is 0 Å². The van der Waals surface area contributed by atoms with Gasteiger partial charge in [-0.2, -0.15) is 0 Å². The Morgan fingerprint density at radius 2 is 2.10 bits per heavy atom. The third kappa shape index (κ3) is 5.13. The number of hydrogen-bond acceptors (Lipinski definition) is 4. The number of primary amides is 1. The van der Waals surface area contributed by atoms with Crippen molar-refractivity contribution in [2.24, 2.45) is 5.73 Å². The van der Waals surface area contributed by atoms with Crippen LogP contribution in [0.2, 0.25) is 0 Å². The summed E-state index contributed by atoms with van der Waals surface area (Å²) in [4.78, 5) is 37.0. The Bertz CT molecular complexity index is 545. The highest BCUT2D eigenvalue weighted by molar-refractivity contribution is 5.84. The van der Waals surface area contributed by atoms with Crippen LogP contribution < -0.4 is 16.6 Å². The van der Waals surface area contributed by atoms with E-state index < -0.39 is 23.6 Å². The minimum absolute atomic E-state index is 0.00471. The number of nitrogens with two attached hydrogens (primary N) is 1. The molecule has 0 saturated heterocycles. The number of rotatable bonds is 4. The number of alkyl carbamates (subject to hydrolysis) is 1. The maximum absolute atomic E-state index is 11.6. The zero-order valence-corrected chi connectivity index (χ0v) is 11.7. The highest BCUT2D eigenvalue weighted by atomic mass is 16.6. The van der Waals surface area contributed by atoms with E-state index >= 15 is 0 Å². The first-order valence-electron chi connectivity index (χ1n) is 6.14. The molecule has 2 amide bonds. The molecule has 0 fully saturated rings. The van der Waals surface area contributed by atoms with Crippen LogP contribution >= 0.6 is 0 Å². The van der Waals surface area contributed by atoms with Crippen LogP contribution in [-0.4, -0.2) is 28.6 Å². The SMILES string of the molecule is CC(C)(C)OC(=O)N[C@@H](Cc1ccc[nH]c1=O)C(N)=O. The first-order chi connectivity index (χ1) is 9.19. The van der Waals surface area contributed by atoms with E-state index in [2.05, 4.69) is 10.3 Å². The van der Waals surface area contributed by atoms with Gasteiger partial charge >= 0.3 is 6.09 Å². The van der Waals surface area contributed by atoms with Crippen molar-refractivity contribution in [3.8, 4) is 0 Å². The molecular formula is C13H19N3O4. The van der Waals surface area contributed by atoms with Gasteiger partial charge in [0.15, 0.2) is 0 Å². The fourth-order valence-electron chi connectivity index (χ4n) is 1.51. The summed E-state index contributed by atoms with van der Waals surface area (Å²) in [6.07, 6.45) is 0.727. The number of H-pyrrole nitrogens is 1. The van der Waals surface area contributed by atoms with E-state index in [1.54, 1.807) is 32.9 Å². The summed E-state index contributed by atoms with van der Waals surface area (Å²) in [7, 11) is 0. The van der Waals surface area contributed by atoms with Crippen molar-refractivity contribution in [1.82, 2.24) is 10.3 Å². The number of ether oxygens (including phenoxy) is 1. The topological polar surface area (TPSA) is 114 Å². The molecule has 0 spiro atoms. The first kappa shape index (κ1) is 15.7. The molecule has 1 heterocycles. The number of hydrogen-bond donors (Lipinski definition) is 3. The lowest BCUT2D eigenvalue weighted by molar-refractivity contribution is -0.120. The van der Waals surface area contributed by atoms with Gasteiger partial charge in [-0.15, -0.1) is 0 Å². The molecular weight excluding hydrogens is 262 g/mol. The molecule has 20 heavy (non-hydrogen) atoms. The monoisotopic (exact) mass is 281 g/mol. The predicted molar refractivity (Wildman–Crippen MR) is 73.1 cm³/mol. The lowest BCUT2D eigenvalue weighted by Crippen LogP contribution is -2.48. The van der Waals surface area contributed by atoms with Gasteiger partial charge in [-0.05, 0) is 26.8 Å². The van der Waals surface area contributed by atoms with Crippen LogP contribution in [0.25, 0.3) is 0 Å². The molecule has 0 aliphatic carbocycles. The highest BCUT2D eigenvalue weighted by Crippen LogP contribution is 2.07. The fraction of sp³-hybridized carbons (Fsp3) is 0.462. The Hall–Kier alpha value is -2.31. The smallest absolute Gasteiger partial charge is 0.408 e. The van der Waals surface area contributed by atoms with Crippen LogP contribution in [0.15, 0.2) is 23.1 Å². The Kier molecular flexibility index (Phi) is 4.90. The van der Waals surface area contributed by atoms with Gasteiger partial charge in [0.25, 0.3) is 5.56 Å². The molecule has 7 heteroatoms. The lowest BCUT2D eigenvalue weighted by atomic mass is 10.1. The molecule has 0 aliphatic rings. The summed E-state index contributed by atoms with van der Waals surface area (Å²) in [5, 5.41) is 2.36. The minimum Gasteiger partial charge on any atom is -0.444 e. The lowest BCUT2D eigenvalue weighted by Gasteiger charge is -2.22. The Morgan fingerprint density at radius 3 is 2.60 bits per heavy atom. The van der Waals surface area contributed by atoms with Crippen molar-refractivity contribution in [3.05, 3.63) is 34.2 Å². The van der Waals surface area contributed by atoms with Gasteiger partial charge in [0.2, 0.25) is 5.91 Å². The van der Waals surface area contributed by atoms with Crippen LogP contribution in [0.4, 0.5) is 4.79 Å². The normalized spacial score (nSPS) is 12.6. The van der Waals surface area contributed by atoms with E-state index in [-0.39, 0.29) is 12.0 Å². The van der Waals surface area contributed by atoms with Gasteiger partial charge in [0.1, 0.15) is 11.6 Å². The zero-order chi connectivity index (χ0) is 15.3. The molecule has 1 aromatic heterocycles. The standard InChI is InChI=1S/C13H19N3O4/c1-13(2,3)20-12(19)16-9(10(14)17)7-8-5-4-6-15-11(8)18/h4-6,9H,7H2,1-3H3,(H2,14,17)(H,15,18)(H,16,19)/t9-/m0/s1. The third-order valence-corrected chi connectivity index (χ3v) is 2.36. The van der Waals surface area contributed by atoms with Crippen molar-refractivity contribution in [2.75, 3.05) is 0 Å². The highest BCUT2D eigenvalue weighted by Gasteiger charge is 2.23. The number of aromatic nitrogens is 1. The van der Waals surface area contributed by atoms with Gasteiger partial charge in [-0.25, -0.2) is 4.79 Å². The number of amides is 2. The van der Waals surface area contributed by atoms with Crippen LogP contribution in [-0.2, 0) is 16.0 Å². The van der Waals surface area contributed by atoms with Gasteiger partial charge in [-0.3, -0.25) is 9.59 Å². The number of carbonyl (C=O) groups excluding carboxylic acids is 2. The third-order valence-electron chi connectivity index (χ3n) is 2.36. The molecule has 1 atom stereocenters. The summed E-state index contributed by atoms with van der Waals surface area (Å²) >= 11 is 0. The van der Waals surface area contributed by atoms with Gasteiger partial charge in [0.05, 0.1) is 0 Å². The van der Waals surface area contributed by atoms with Crippen molar-refractivity contribution >= 4 is 12.0 Å². The summed E-state index contributed by atoms with van der Waals surface area (Å²) in [6.45, 7) is 5.11. The second-order valence-electron chi connectivity index (χ2n) is 5.33. The Morgan fingerprint density at radius 1 is 1.45 bits per heavy atom. The minimum atomic E-state index is -1.01. The predicted octanol–water partition coefficient (Wildman–Crippen LogP) is 0.296. The molecule has 110 valence electrons. The number of aromatic amines is 1. The van der Waals surface area contributed by atoms with Gasteiger partial charge in [0, 0.05) is 18.2 Å². The summed E-state index contributed by atoms with van der Waals surface area (Å²) in [5.74, 6) is -0.737. The second kappa shape index (κ2) is 6.23. The van der Waals surface area contributed by atoms with Crippen LogP contribution in [0, 0.1) is 0 Å². The molecule has 1 rings (SSSR count). The van der Waals surface area contributed by atoms with E-state index in [0.29, 0.717) is 5.56 Å². The molecule has 0 saturated carbocycles. The average molecular weight is 281 g/mol. The summed E-state index contributed by atoms with van der Waals surface area (Å²) < 4.78 is 5.04. The molecule has 0 aliphatic heterocycles. The molecule has 7 nitrogen and oxygen atoms in total. The molecule has 0 bridgehead atoms. The Balaban J connectivity index is 2.76. The van der Waals surface area contributed by atoms with E-state index in [0.717, 1.165) is 0 Å². The van der Waals surface area contributed by atoms with E-state index in [9.17, 15) is 14.4 Å². The van der Waals surface area contributed by atoms with E-state index in [4.69, 9.17) is 10.5 Å². The van der Waals surface area contributed by atoms with Crippen LogP contribution in [0.1, 0.15) is 26.3 Å². The Labute approximate surface area is 116 Å². The maximum Gasteiger partial charge on any atom is 0.408 e. The molecule has 0 radical (unpaired) electrons. The van der Waals surface area contributed by atoms with E-state index in [1.165, 1.54) is 6.20 Å². The van der Waals surface area contributed by atoms with Gasteiger partial charge in [-0.1, -0.05) is 6.07 Å². The molecule has 1 aromatic rings. The van der Waals surface area contributed by atoms with E-state index in [1.807, 2.05) is 0 Å². The van der Waals surface area contributed by atoms with Crippen molar-refractivity contribution in [3.63, 3.8) is 0 Å². The van der Waals surface area contributed by atoms with Crippen LogP contribution in [0.3, 0.4) is 0 Å². The first-order valence-corrected chi connectivity index (χ1v) is 6.14. The van der Waals surface area contributed by atoms with Gasteiger partial charge < -0.3 is 20.8 Å². The molecule has 0 aromatic carbocycles. The largest absolute Gasteiger partial charge is 0.444 e. The van der Waals surface area contributed by atoms with Crippen molar-refractivity contribution in [1.29, 1.82) is 0 Å². The fourth-order valence-corrected chi connectivity index (χ4v) is 1.51.